The average molecular weight is 434 g/mol. The third kappa shape index (κ3) is 4.79. The van der Waals surface area contributed by atoms with Crippen LogP contribution in [0.2, 0.25) is 5.02 Å². The van der Waals surface area contributed by atoms with Gasteiger partial charge in [0.1, 0.15) is 0 Å². The molecule has 28 heavy (non-hydrogen) atoms. The van der Waals surface area contributed by atoms with Crippen molar-refractivity contribution in [1.82, 2.24) is 9.88 Å². The highest BCUT2D eigenvalue weighted by molar-refractivity contribution is 7.22. The maximum atomic E-state index is 13.0. The quantitative estimate of drug-likeness (QED) is 0.541. The molecule has 8 heteroatoms. The Morgan fingerprint density at radius 2 is 2.18 bits per heavy atom. The van der Waals surface area contributed by atoms with Gasteiger partial charge in [-0.25, -0.2) is 4.98 Å². The molecule has 4 rings (SSSR count). The number of halogens is 1. The molecule has 1 aliphatic heterocycles. The first-order chi connectivity index (χ1) is 13.7. The van der Waals surface area contributed by atoms with Crippen LogP contribution in [-0.2, 0) is 9.53 Å². The van der Waals surface area contributed by atoms with Crippen molar-refractivity contribution in [3.8, 4) is 0 Å². The third-order valence-electron chi connectivity index (χ3n) is 4.51. The van der Waals surface area contributed by atoms with Crippen molar-refractivity contribution >= 4 is 61.6 Å². The number of aromatic nitrogens is 1. The first kappa shape index (κ1) is 19.5. The predicted molar refractivity (Wildman–Crippen MR) is 118 cm³/mol. The number of nitrogens with zero attached hydrogens (tertiary/aromatic N) is 3. The van der Waals surface area contributed by atoms with E-state index in [1.54, 1.807) is 22.3 Å². The lowest BCUT2D eigenvalue weighted by molar-refractivity contribution is -0.114. The van der Waals surface area contributed by atoms with Crippen LogP contribution in [0, 0.1) is 0 Å². The fraction of sp³-hybridized carbons (Fsp3) is 0.300. The van der Waals surface area contributed by atoms with Gasteiger partial charge < -0.3 is 4.74 Å². The van der Waals surface area contributed by atoms with Crippen molar-refractivity contribution in [3.63, 3.8) is 0 Å². The summed E-state index contributed by atoms with van der Waals surface area (Å²) < 4.78 is 6.40. The molecule has 0 spiro atoms. The van der Waals surface area contributed by atoms with Crippen LogP contribution in [0.15, 0.2) is 41.8 Å². The number of ether oxygens (including phenoxy) is 1. The molecular formula is C20H20ClN3O2S2. The monoisotopic (exact) mass is 433 g/mol. The van der Waals surface area contributed by atoms with Gasteiger partial charge in [0.05, 0.1) is 23.4 Å². The molecule has 146 valence electrons. The summed E-state index contributed by atoms with van der Waals surface area (Å²) in [4.78, 5) is 22.8. The minimum absolute atomic E-state index is 0.0631. The van der Waals surface area contributed by atoms with E-state index in [1.165, 1.54) is 11.3 Å². The second kappa shape index (κ2) is 9.15. The van der Waals surface area contributed by atoms with Crippen LogP contribution in [0.25, 0.3) is 16.3 Å². The molecule has 0 bridgehead atoms. The highest BCUT2D eigenvalue weighted by Gasteiger charge is 2.20. The zero-order valence-electron chi connectivity index (χ0n) is 15.2. The number of fused-ring (bicyclic) bond motifs is 1. The number of carbonyl (C=O) groups is 1. The van der Waals surface area contributed by atoms with Gasteiger partial charge in [-0.2, -0.15) is 0 Å². The van der Waals surface area contributed by atoms with Gasteiger partial charge >= 0.3 is 0 Å². The van der Waals surface area contributed by atoms with Crippen LogP contribution < -0.4 is 4.90 Å². The molecule has 2 aromatic heterocycles. The number of carbonyl (C=O) groups excluding carboxylic acids is 1. The molecule has 0 unspecified atom stereocenters. The van der Waals surface area contributed by atoms with Crippen LogP contribution in [0.5, 0.6) is 0 Å². The Kier molecular flexibility index (Phi) is 6.39. The predicted octanol–water partition coefficient (Wildman–Crippen LogP) is 4.39. The summed E-state index contributed by atoms with van der Waals surface area (Å²) in [6.45, 7) is 4.64. The summed E-state index contributed by atoms with van der Waals surface area (Å²) in [5.74, 6) is -0.0631. The van der Waals surface area contributed by atoms with E-state index in [-0.39, 0.29) is 5.91 Å². The van der Waals surface area contributed by atoms with Gasteiger partial charge in [0.15, 0.2) is 5.13 Å². The molecule has 0 radical (unpaired) electrons. The molecule has 5 nitrogen and oxygen atoms in total. The van der Waals surface area contributed by atoms with Crippen LogP contribution in [-0.4, -0.2) is 55.2 Å². The number of hydrogen-bond acceptors (Lipinski definition) is 6. The minimum atomic E-state index is -0.0631. The van der Waals surface area contributed by atoms with E-state index < -0.39 is 0 Å². The number of morpholine rings is 1. The topological polar surface area (TPSA) is 45.7 Å². The lowest BCUT2D eigenvalue weighted by Gasteiger charge is -2.28. The molecule has 0 atom stereocenters. The Morgan fingerprint density at radius 3 is 2.96 bits per heavy atom. The molecule has 1 aliphatic rings. The Balaban J connectivity index is 1.56. The molecule has 1 aromatic carbocycles. The van der Waals surface area contributed by atoms with Crippen LogP contribution in [0.4, 0.5) is 5.13 Å². The Hall–Kier alpha value is -1.77. The second-order valence-corrected chi connectivity index (χ2v) is 8.83. The van der Waals surface area contributed by atoms with E-state index in [2.05, 4.69) is 9.88 Å². The molecule has 0 N–H and O–H groups in total. The fourth-order valence-corrected chi connectivity index (χ4v) is 4.89. The number of rotatable bonds is 6. The number of thiazole rings is 1. The second-order valence-electron chi connectivity index (χ2n) is 6.40. The summed E-state index contributed by atoms with van der Waals surface area (Å²) in [6, 6.07) is 9.58. The highest BCUT2D eigenvalue weighted by Crippen LogP contribution is 2.31. The molecule has 1 amide bonds. The summed E-state index contributed by atoms with van der Waals surface area (Å²) in [5.41, 5.74) is 0.857. The maximum absolute atomic E-state index is 13.0. The number of benzene rings is 1. The Morgan fingerprint density at radius 1 is 1.32 bits per heavy atom. The molecule has 3 heterocycles. The van der Waals surface area contributed by atoms with E-state index in [4.69, 9.17) is 16.3 Å². The number of thiophene rings is 1. The van der Waals surface area contributed by atoms with Gasteiger partial charge in [-0.15, -0.1) is 11.3 Å². The lowest BCUT2D eigenvalue weighted by atomic mass is 10.3. The van der Waals surface area contributed by atoms with Gasteiger partial charge in [-0.05, 0) is 35.7 Å². The lowest BCUT2D eigenvalue weighted by Crippen LogP contribution is -2.42. The molecule has 1 fully saturated rings. The smallest absolute Gasteiger partial charge is 0.252 e. The number of anilines is 1. The van der Waals surface area contributed by atoms with Gasteiger partial charge in [-0.3, -0.25) is 14.6 Å². The van der Waals surface area contributed by atoms with E-state index in [1.807, 2.05) is 41.8 Å². The number of hydrogen-bond donors (Lipinski definition) is 0. The van der Waals surface area contributed by atoms with Crippen molar-refractivity contribution in [1.29, 1.82) is 0 Å². The van der Waals surface area contributed by atoms with Crippen molar-refractivity contribution in [3.05, 3.63) is 51.7 Å². The SMILES string of the molecule is O=C(/C=C/c1cccs1)N(CCN1CCOCC1)c1nc2ccc(Cl)cc2s1. The maximum Gasteiger partial charge on any atom is 0.252 e. The van der Waals surface area contributed by atoms with E-state index in [9.17, 15) is 4.79 Å². The van der Waals surface area contributed by atoms with Gasteiger partial charge in [0.25, 0.3) is 5.91 Å². The van der Waals surface area contributed by atoms with E-state index in [0.717, 1.165) is 47.9 Å². The fourth-order valence-electron chi connectivity index (χ4n) is 3.00. The van der Waals surface area contributed by atoms with Crippen LogP contribution in [0.1, 0.15) is 4.88 Å². The average Bonchev–Trinajstić information content (AvgIpc) is 3.36. The van der Waals surface area contributed by atoms with Crippen molar-refractivity contribution in [2.24, 2.45) is 0 Å². The molecular weight excluding hydrogens is 414 g/mol. The normalized spacial score (nSPS) is 15.5. The van der Waals surface area contributed by atoms with Crippen molar-refractivity contribution in [2.45, 2.75) is 0 Å². The molecule has 0 saturated carbocycles. The zero-order valence-corrected chi connectivity index (χ0v) is 17.6. The summed E-state index contributed by atoms with van der Waals surface area (Å²) in [7, 11) is 0. The minimum Gasteiger partial charge on any atom is -0.379 e. The first-order valence-corrected chi connectivity index (χ1v) is 11.2. The summed E-state index contributed by atoms with van der Waals surface area (Å²) in [5, 5.41) is 3.37. The van der Waals surface area contributed by atoms with Crippen molar-refractivity contribution < 1.29 is 9.53 Å². The van der Waals surface area contributed by atoms with Gasteiger partial charge in [0, 0.05) is 42.2 Å². The molecule has 1 saturated heterocycles. The molecule has 0 aliphatic carbocycles. The van der Waals surface area contributed by atoms with E-state index in [0.29, 0.717) is 16.7 Å². The Bertz CT molecular complexity index is 965. The first-order valence-electron chi connectivity index (χ1n) is 9.08. The number of amides is 1. The summed E-state index contributed by atoms with van der Waals surface area (Å²) in [6.07, 6.45) is 3.49. The van der Waals surface area contributed by atoms with Crippen LogP contribution in [0.3, 0.4) is 0 Å². The van der Waals surface area contributed by atoms with Gasteiger partial charge in [0.2, 0.25) is 0 Å². The highest BCUT2D eigenvalue weighted by atomic mass is 35.5. The molecule has 3 aromatic rings. The third-order valence-corrected chi connectivity index (χ3v) is 6.63. The van der Waals surface area contributed by atoms with Crippen molar-refractivity contribution in [2.75, 3.05) is 44.3 Å². The van der Waals surface area contributed by atoms with Crippen LogP contribution >= 0.6 is 34.3 Å². The largest absolute Gasteiger partial charge is 0.379 e. The standard InChI is InChI=1S/C20H20ClN3O2S2/c21-15-3-5-17-18(14-15)28-20(22-17)24(8-7-23-9-11-26-12-10-23)19(25)6-4-16-2-1-13-27-16/h1-6,13-14H,7-12H2/b6-4+. The Labute approximate surface area is 176 Å². The zero-order chi connectivity index (χ0) is 19.3. The van der Waals surface area contributed by atoms with Gasteiger partial charge in [-0.1, -0.05) is 29.0 Å². The summed E-state index contributed by atoms with van der Waals surface area (Å²) >= 11 is 9.21. The van der Waals surface area contributed by atoms with E-state index >= 15 is 0 Å².